The number of benzene rings is 2. The van der Waals surface area contributed by atoms with E-state index in [9.17, 15) is 9.18 Å². The number of carbonyl (C=O) groups excluding carboxylic acids is 1. The van der Waals surface area contributed by atoms with Crippen molar-refractivity contribution in [1.82, 2.24) is 0 Å². The molecule has 1 saturated carbocycles. The molecule has 0 bridgehead atoms. The summed E-state index contributed by atoms with van der Waals surface area (Å²) in [7, 11) is 0. The summed E-state index contributed by atoms with van der Waals surface area (Å²) in [6.07, 6.45) is 20.3. The minimum atomic E-state index is -0.740. The Morgan fingerprint density at radius 1 is 0.895 bits per heavy atom. The molecule has 0 spiro atoms. The van der Waals surface area contributed by atoms with Crippen molar-refractivity contribution in [2.45, 2.75) is 103 Å². The van der Waals surface area contributed by atoms with Crippen LogP contribution in [0, 0.1) is 29.0 Å². The van der Waals surface area contributed by atoms with Crippen LogP contribution in [-0.2, 0) is 0 Å². The molecule has 2 atom stereocenters. The predicted octanol–water partition coefficient (Wildman–Crippen LogP) is 9.41. The Kier molecular flexibility index (Phi) is 13.2. The number of nitrogens with zero attached hydrogens (tertiary/aromatic N) is 1. The molecule has 0 heterocycles. The first-order valence-electron chi connectivity index (χ1n) is 14.8. The molecule has 0 saturated heterocycles. The highest BCUT2D eigenvalue weighted by Gasteiger charge is 2.24. The molecule has 38 heavy (non-hydrogen) atoms. The second kappa shape index (κ2) is 16.9. The van der Waals surface area contributed by atoms with Gasteiger partial charge in [0.1, 0.15) is 5.75 Å². The van der Waals surface area contributed by atoms with Crippen molar-refractivity contribution in [3.63, 3.8) is 0 Å². The van der Waals surface area contributed by atoms with Crippen LogP contribution < -0.4 is 9.47 Å². The van der Waals surface area contributed by atoms with Crippen LogP contribution in [0.4, 0.5) is 4.39 Å². The first-order chi connectivity index (χ1) is 18.6. The SMILES string of the molecule is CCCCCCCCCCC1CCCCC1CCCOc1ccc(C(=O)Oc2ccc(C#N)cc2F)cc1. The summed E-state index contributed by atoms with van der Waals surface area (Å²) in [4.78, 5) is 12.4. The molecule has 5 heteroatoms. The molecule has 0 N–H and O–H groups in total. The Morgan fingerprint density at radius 2 is 1.53 bits per heavy atom. The standard InChI is InChI=1S/C33H44FNO3/c1-2-3-4-5-6-7-8-9-13-27-14-10-11-15-28(27)16-12-23-37-30-20-18-29(19-21-30)33(36)38-32-22-17-26(25-35)24-31(32)34/h17-22,24,27-28H,2-16,23H2,1H3. The third-order valence-corrected chi connectivity index (χ3v) is 7.84. The summed E-state index contributed by atoms with van der Waals surface area (Å²) in [6, 6.07) is 12.3. The van der Waals surface area contributed by atoms with Crippen LogP contribution in [0.25, 0.3) is 0 Å². The third kappa shape index (κ3) is 10.1. The fourth-order valence-corrected chi connectivity index (χ4v) is 5.62. The quantitative estimate of drug-likeness (QED) is 0.125. The van der Waals surface area contributed by atoms with Crippen LogP contribution in [0.3, 0.4) is 0 Å². The molecule has 0 aromatic heterocycles. The molecule has 4 nitrogen and oxygen atoms in total. The number of hydrogen-bond acceptors (Lipinski definition) is 4. The molecule has 0 amide bonds. The number of ether oxygens (including phenoxy) is 2. The van der Waals surface area contributed by atoms with Gasteiger partial charge in [0, 0.05) is 0 Å². The van der Waals surface area contributed by atoms with Crippen molar-refractivity contribution in [3.8, 4) is 17.6 Å². The van der Waals surface area contributed by atoms with Crippen molar-refractivity contribution in [1.29, 1.82) is 5.26 Å². The lowest BCUT2D eigenvalue weighted by atomic mass is 9.74. The smallest absolute Gasteiger partial charge is 0.343 e. The second-order valence-corrected chi connectivity index (χ2v) is 10.7. The number of nitriles is 1. The van der Waals surface area contributed by atoms with Crippen molar-refractivity contribution in [2.24, 2.45) is 11.8 Å². The highest BCUT2D eigenvalue weighted by molar-refractivity contribution is 5.91. The lowest BCUT2D eigenvalue weighted by molar-refractivity contribution is 0.0728. The van der Waals surface area contributed by atoms with E-state index in [-0.39, 0.29) is 11.3 Å². The van der Waals surface area contributed by atoms with Gasteiger partial charge in [-0.05, 0) is 67.1 Å². The van der Waals surface area contributed by atoms with E-state index < -0.39 is 11.8 Å². The van der Waals surface area contributed by atoms with E-state index in [1.54, 1.807) is 24.3 Å². The summed E-state index contributed by atoms with van der Waals surface area (Å²) in [5.74, 6) is 0.838. The molecule has 2 unspecified atom stereocenters. The highest BCUT2D eigenvalue weighted by atomic mass is 19.1. The van der Waals surface area contributed by atoms with Gasteiger partial charge in [0.15, 0.2) is 11.6 Å². The zero-order valence-corrected chi connectivity index (χ0v) is 23.1. The van der Waals surface area contributed by atoms with Crippen LogP contribution in [-0.4, -0.2) is 12.6 Å². The van der Waals surface area contributed by atoms with E-state index in [1.165, 1.54) is 102 Å². The molecule has 1 fully saturated rings. The van der Waals surface area contributed by atoms with Crippen molar-refractivity contribution in [2.75, 3.05) is 6.61 Å². The van der Waals surface area contributed by atoms with Gasteiger partial charge >= 0.3 is 5.97 Å². The van der Waals surface area contributed by atoms with Gasteiger partial charge < -0.3 is 9.47 Å². The average molecular weight is 522 g/mol. The number of unbranched alkanes of at least 4 members (excludes halogenated alkanes) is 7. The predicted molar refractivity (Wildman–Crippen MR) is 150 cm³/mol. The molecule has 1 aliphatic rings. The van der Waals surface area contributed by atoms with E-state index in [4.69, 9.17) is 14.7 Å². The van der Waals surface area contributed by atoms with Crippen molar-refractivity contribution in [3.05, 3.63) is 59.4 Å². The summed E-state index contributed by atoms with van der Waals surface area (Å²) in [5.41, 5.74) is 0.485. The summed E-state index contributed by atoms with van der Waals surface area (Å²) < 4.78 is 25.1. The number of hydrogen-bond donors (Lipinski definition) is 0. The molecule has 2 aromatic carbocycles. The fourth-order valence-electron chi connectivity index (χ4n) is 5.62. The molecule has 0 aliphatic heterocycles. The Labute approximate surface area is 228 Å². The normalized spacial score (nSPS) is 17.1. The van der Waals surface area contributed by atoms with Gasteiger partial charge in [-0.15, -0.1) is 0 Å². The number of esters is 1. The van der Waals surface area contributed by atoms with E-state index in [0.717, 1.165) is 24.3 Å². The molecule has 1 aliphatic carbocycles. The summed E-state index contributed by atoms with van der Waals surface area (Å²) in [5, 5.41) is 8.83. The molecule has 3 rings (SSSR count). The lowest BCUT2D eigenvalue weighted by Crippen LogP contribution is -2.20. The van der Waals surface area contributed by atoms with Gasteiger partial charge in [0.25, 0.3) is 0 Å². The maximum Gasteiger partial charge on any atom is 0.343 e. The minimum Gasteiger partial charge on any atom is -0.494 e. The van der Waals surface area contributed by atoms with Gasteiger partial charge in [-0.3, -0.25) is 0 Å². The average Bonchev–Trinajstić information content (AvgIpc) is 2.94. The van der Waals surface area contributed by atoms with Crippen LogP contribution in [0.5, 0.6) is 11.5 Å². The second-order valence-electron chi connectivity index (χ2n) is 10.7. The van der Waals surface area contributed by atoms with Gasteiger partial charge in [0.2, 0.25) is 0 Å². The summed E-state index contributed by atoms with van der Waals surface area (Å²) in [6.45, 7) is 2.94. The van der Waals surface area contributed by atoms with Crippen LogP contribution in [0.1, 0.15) is 119 Å². The number of carbonyl (C=O) groups is 1. The third-order valence-electron chi connectivity index (χ3n) is 7.84. The highest BCUT2D eigenvalue weighted by Crippen LogP contribution is 2.36. The topological polar surface area (TPSA) is 59.3 Å². The van der Waals surface area contributed by atoms with Crippen LogP contribution in [0.15, 0.2) is 42.5 Å². The molecule has 2 aromatic rings. The fraction of sp³-hybridized carbons (Fsp3) is 0.576. The Hall–Kier alpha value is -2.87. The first-order valence-corrected chi connectivity index (χ1v) is 14.8. The maximum absolute atomic E-state index is 14.0. The van der Waals surface area contributed by atoms with Crippen LogP contribution >= 0.6 is 0 Å². The van der Waals surface area contributed by atoms with Crippen molar-refractivity contribution >= 4 is 5.97 Å². The zero-order valence-electron chi connectivity index (χ0n) is 23.1. The zero-order chi connectivity index (χ0) is 27.0. The van der Waals surface area contributed by atoms with Gasteiger partial charge in [-0.1, -0.05) is 90.4 Å². The Balaban J connectivity index is 1.34. The van der Waals surface area contributed by atoms with Gasteiger partial charge in [-0.25, -0.2) is 9.18 Å². The lowest BCUT2D eigenvalue weighted by Gasteiger charge is -2.32. The first kappa shape index (κ1) is 29.7. The molecule has 0 radical (unpaired) electrons. The van der Waals surface area contributed by atoms with Gasteiger partial charge in [-0.2, -0.15) is 5.26 Å². The minimum absolute atomic E-state index is 0.173. The van der Waals surface area contributed by atoms with E-state index in [1.807, 2.05) is 6.07 Å². The number of rotatable bonds is 16. The summed E-state index contributed by atoms with van der Waals surface area (Å²) >= 11 is 0. The van der Waals surface area contributed by atoms with E-state index in [0.29, 0.717) is 17.9 Å². The molecular weight excluding hydrogens is 477 g/mol. The van der Waals surface area contributed by atoms with Crippen molar-refractivity contribution < 1.29 is 18.7 Å². The van der Waals surface area contributed by atoms with E-state index in [2.05, 4.69) is 6.92 Å². The number of halogens is 1. The monoisotopic (exact) mass is 521 g/mol. The Morgan fingerprint density at radius 3 is 2.16 bits per heavy atom. The molecular formula is C33H44FNO3. The van der Waals surface area contributed by atoms with Crippen LogP contribution in [0.2, 0.25) is 0 Å². The van der Waals surface area contributed by atoms with E-state index >= 15 is 0 Å². The molecule has 206 valence electrons. The maximum atomic E-state index is 14.0. The largest absolute Gasteiger partial charge is 0.494 e. The Bertz CT molecular complexity index is 1010. The van der Waals surface area contributed by atoms with Gasteiger partial charge in [0.05, 0.1) is 23.8 Å².